The number of amides is 2. The van der Waals surface area contributed by atoms with Crippen LogP contribution in [0.15, 0.2) is 46.4 Å². The largest absolute Gasteiger partial charge is 0.492 e. The van der Waals surface area contributed by atoms with Crippen molar-refractivity contribution in [2.45, 2.75) is 68.2 Å². The van der Waals surface area contributed by atoms with E-state index in [0.717, 1.165) is 18.9 Å². The van der Waals surface area contributed by atoms with Crippen LogP contribution < -0.4 is 41.6 Å². The summed E-state index contributed by atoms with van der Waals surface area (Å²) in [6.45, 7) is 5.40. The number of para-hydroxylation sites is 1. The number of aliphatic hydroxyl groups is 2. The molecule has 1 spiro atoms. The highest BCUT2D eigenvalue weighted by atomic mass is 19.2. The number of hydrogen-bond donors (Lipinski definition) is 7. The fourth-order valence-electron chi connectivity index (χ4n) is 6.96. The summed E-state index contributed by atoms with van der Waals surface area (Å²) in [7, 11) is 0. The van der Waals surface area contributed by atoms with E-state index in [9.17, 15) is 24.2 Å². The summed E-state index contributed by atoms with van der Waals surface area (Å²) in [5.74, 6) is -3.29. The van der Waals surface area contributed by atoms with Crippen LogP contribution in [-0.2, 0) is 5.41 Å². The molecule has 5 atom stereocenters. The molecule has 15 nitrogen and oxygen atoms in total. The summed E-state index contributed by atoms with van der Waals surface area (Å²) in [5, 5.41) is 32.0. The van der Waals surface area contributed by atoms with Crippen LogP contribution in [0.3, 0.4) is 0 Å². The molecule has 2 unspecified atom stereocenters. The molecule has 0 radical (unpaired) electrons. The van der Waals surface area contributed by atoms with Crippen LogP contribution in [0, 0.1) is 0 Å². The topological polar surface area (TPSA) is 218 Å². The van der Waals surface area contributed by atoms with Gasteiger partial charge in [-0.15, -0.1) is 0 Å². The summed E-state index contributed by atoms with van der Waals surface area (Å²) < 4.78 is 30.1. The minimum absolute atomic E-state index is 0.0696. The van der Waals surface area contributed by atoms with Gasteiger partial charge in [0, 0.05) is 31.1 Å². The molecule has 0 aliphatic carbocycles. The number of rotatable bonds is 5. The minimum atomic E-state index is -2.67. The molecule has 0 bridgehead atoms. The maximum Gasteiger partial charge on any atom is 0.404 e. The van der Waals surface area contributed by atoms with Crippen LogP contribution >= 0.6 is 0 Å². The zero-order chi connectivity index (χ0) is 32.8. The molecule has 16 heteroatoms. The summed E-state index contributed by atoms with van der Waals surface area (Å²) in [6.07, 6.45) is 0.783. The Balaban J connectivity index is 1.12. The third-order valence-corrected chi connectivity index (χ3v) is 9.33. The molecule has 5 aliphatic rings. The standard InChI is InChI=1S/C30H35FN8O7/c1-27(2)9-10-44-21-15(5-4-6-16(21)27)24(41)36-20-13-39-26(33)35-17(22-29(39,30(20,42)43)38-25(32)37-22)12-34-23(40)14-7-8-18-19(11-14)46-28(3,31)45-18/h4-8,11,17,20,22,42-43H,9-10,12-13H2,1-3H3,(H2,33,35)(H,34,40)(H,36,41)(H3,32,37,38)/t17-,20?,22-,28?,29-/m0/s1. The normalized spacial score (nSPS) is 30.9. The Kier molecular flexibility index (Phi) is 6.38. The van der Waals surface area contributed by atoms with Gasteiger partial charge in [-0.25, -0.2) is 9.98 Å². The summed E-state index contributed by atoms with van der Waals surface area (Å²) in [5.41, 5.74) is 11.7. The molecule has 7 rings (SSSR count). The number of alkyl halides is 1. The van der Waals surface area contributed by atoms with Crippen molar-refractivity contribution in [3.8, 4) is 17.2 Å². The first kappa shape index (κ1) is 29.9. The molecule has 1 saturated heterocycles. The van der Waals surface area contributed by atoms with Crippen molar-refractivity contribution < 1.29 is 38.4 Å². The number of carbonyl (C=O) groups excluding carboxylic acids is 2. The molecular formula is C30H35FN8O7. The van der Waals surface area contributed by atoms with Crippen molar-refractivity contribution in [1.29, 1.82) is 0 Å². The van der Waals surface area contributed by atoms with Gasteiger partial charge in [-0.2, -0.15) is 4.39 Å². The molecule has 46 heavy (non-hydrogen) atoms. The van der Waals surface area contributed by atoms with Gasteiger partial charge in [0.2, 0.25) is 5.79 Å². The van der Waals surface area contributed by atoms with E-state index >= 15 is 0 Å². The fraction of sp³-hybridized carbons (Fsp3) is 0.467. The molecule has 9 N–H and O–H groups in total. The third-order valence-electron chi connectivity index (χ3n) is 9.33. The number of aliphatic imine (C=N–C) groups is 2. The number of guanidine groups is 2. The first-order valence-electron chi connectivity index (χ1n) is 14.9. The van der Waals surface area contributed by atoms with Crippen molar-refractivity contribution >= 4 is 23.7 Å². The van der Waals surface area contributed by atoms with Crippen LogP contribution in [0.4, 0.5) is 4.39 Å². The maximum absolute atomic E-state index is 14.1. The van der Waals surface area contributed by atoms with Gasteiger partial charge in [0.15, 0.2) is 29.1 Å². The van der Waals surface area contributed by atoms with Gasteiger partial charge in [0.05, 0.1) is 18.2 Å². The number of nitrogens with two attached hydrogens (primary N) is 2. The van der Waals surface area contributed by atoms with Crippen molar-refractivity contribution in [3.05, 3.63) is 53.1 Å². The SMILES string of the molecule is CC1(F)Oc2ccc(C(=O)NC[C@@H]3N=C(N)N4CC(NC(=O)c5cccc6c5OCCC6(C)C)C(O)(O)[C@@]45NC(N)=N[C@@H]35)cc2O1. The van der Waals surface area contributed by atoms with Crippen LogP contribution in [0.25, 0.3) is 0 Å². The number of nitrogens with zero attached hydrogens (tertiary/aromatic N) is 3. The van der Waals surface area contributed by atoms with Gasteiger partial charge in [0.1, 0.15) is 17.8 Å². The Morgan fingerprint density at radius 2 is 1.87 bits per heavy atom. The molecule has 0 saturated carbocycles. The lowest BCUT2D eigenvalue weighted by Gasteiger charge is -2.49. The maximum atomic E-state index is 14.1. The van der Waals surface area contributed by atoms with Crippen molar-refractivity contribution in [3.63, 3.8) is 0 Å². The lowest BCUT2D eigenvalue weighted by atomic mass is 9.79. The van der Waals surface area contributed by atoms with Crippen molar-refractivity contribution in [1.82, 2.24) is 20.9 Å². The van der Waals surface area contributed by atoms with Crippen LogP contribution in [0.5, 0.6) is 17.2 Å². The van der Waals surface area contributed by atoms with E-state index in [1.807, 2.05) is 6.07 Å². The summed E-state index contributed by atoms with van der Waals surface area (Å²) >= 11 is 0. The molecule has 5 aliphatic heterocycles. The van der Waals surface area contributed by atoms with Gasteiger partial charge >= 0.3 is 6.04 Å². The fourth-order valence-corrected chi connectivity index (χ4v) is 6.96. The lowest BCUT2D eigenvalue weighted by molar-refractivity contribution is -0.230. The first-order valence-corrected chi connectivity index (χ1v) is 14.9. The monoisotopic (exact) mass is 638 g/mol. The molecule has 1 fully saturated rings. The smallest absolute Gasteiger partial charge is 0.404 e. The first-order chi connectivity index (χ1) is 21.6. The van der Waals surface area contributed by atoms with Gasteiger partial charge in [0.25, 0.3) is 11.8 Å². The lowest BCUT2D eigenvalue weighted by Crippen LogP contribution is -2.78. The Hall–Kier alpha value is -4.83. The Morgan fingerprint density at radius 1 is 1.11 bits per heavy atom. The predicted molar refractivity (Wildman–Crippen MR) is 161 cm³/mol. The Morgan fingerprint density at radius 3 is 2.65 bits per heavy atom. The Bertz CT molecular complexity index is 1710. The van der Waals surface area contributed by atoms with E-state index in [1.165, 1.54) is 23.1 Å². The molecule has 5 heterocycles. The second-order valence-electron chi connectivity index (χ2n) is 12.8. The van der Waals surface area contributed by atoms with Gasteiger partial charge in [-0.3, -0.25) is 9.59 Å². The van der Waals surface area contributed by atoms with E-state index < -0.39 is 47.4 Å². The van der Waals surface area contributed by atoms with E-state index in [4.69, 9.17) is 25.7 Å². The highest BCUT2D eigenvalue weighted by molar-refractivity contribution is 5.98. The Labute approximate surface area is 262 Å². The molecular weight excluding hydrogens is 603 g/mol. The van der Waals surface area contributed by atoms with E-state index in [2.05, 4.69) is 39.8 Å². The third kappa shape index (κ3) is 4.38. The second kappa shape index (κ2) is 9.83. The number of fused-ring (bicyclic) bond motifs is 2. The zero-order valence-corrected chi connectivity index (χ0v) is 25.3. The number of carbonyl (C=O) groups is 2. The molecule has 244 valence electrons. The quantitative estimate of drug-likeness (QED) is 0.204. The van der Waals surface area contributed by atoms with Gasteiger partial charge in [-0.05, 0) is 36.1 Å². The average molecular weight is 639 g/mol. The van der Waals surface area contributed by atoms with Crippen molar-refractivity contribution in [2.75, 3.05) is 19.7 Å². The number of nitrogens with one attached hydrogen (secondary N) is 3. The van der Waals surface area contributed by atoms with Crippen LogP contribution in [0.2, 0.25) is 0 Å². The molecule has 2 aromatic carbocycles. The van der Waals surface area contributed by atoms with E-state index in [1.54, 1.807) is 12.1 Å². The van der Waals surface area contributed by atoms with Crippen LogP contribution in [0.1, 0.15) is 53.5 Å². The predicted octanol–water partition coefficient (Wildman–Crippen LogP) is -0.634. The number of benzene rings is 2. The van der Waals surface area contributed by atoms with E-state index in [-0.39, 0.29) is 53.0 Å². The van der Waals surface area contributed by atoms with Gasteiger partial charge in [-0.1, -0.05) is 26.0 Å². The summed E-state index contributed by atoms with van der Waals surface area (Å²) in [6, 6.07) is 3.94. The number of hydrogen-bond acceptors (Lipinski definition) is 13. The zero-order valence-electron chi connectivity index (χ0n) is 25.3. The van der Waals surface area contributed by atoms with Crippen molar-refractivity contribution in [2.24, 2.45) is 21.5 Å². The second-order valence-corrected chi connectivity index (χ2v) is 12.8. The van der Waals surface area contributed by atoms with Crippen LogP contribution in [-0.4, -0.2) is 94.2 Å². The number of halogens is 1. The molecule has 0 aromatic heterocycles. The minimum Gasteiger partial charge on any atom is -0.492 e. The van der Waals surface area contributed by atoms with Gasteiger partial charge < -0.3 is 56.7 Å². The van der Waals surface area contributed by atoms with E-state index in [0.29, 0.717) is 12.4 Å². The highest BCUT2D eigenvalue weighted by Crippen LogP contribution is 2.46. The average Bonchev–Trinajstić information content (AvgIpc) is 3.58. The highest BCUT2D eigenvalue weighted by Gasteiger charge is 2.73. The number of ether oxygens (including phenoxy) is 3. The molecule has 2 aromatic rings. The summed E-state index contributed by atoms with van der Waals surface area (Å²) in [4.78, 5) is 37.0. The molecule has 2 amide bonds.